The van der Waals surface area contributed by atoms with Crippen molar-refractivity contribution < 1.29 is 28.6 Å². The summed E-state index contributed by atoms with van der Waals surface area (Å²) in [4.78, 5) is 38.3. The summed E-state index contributed by atoms with van der Waals surface area (Å²) in [5.74, 6) is -0.886. The average Bonchev–Trinajstić information content (AvgIpc) is 3.42. The Balaban J connectivity index is 4.33. The van der Waals surface area contributed by atoms with Crippen LogP contribution in [0.1, 0.15) is 335 Å². The molecule has 0 N–H and O–H groups in total. The van der Waals surface area contributed by atoms with Crippen LogP contribution in [0.15, 0.2) is 72.9 Å². The fraction of sp³-hybridized carbons (Fsp3) is 0.786. The van der Waals surface area contributed by atoms with Crippen LogP contribution in [-0.2, 0) is 28.6 Å². The molecular formula is C70H124O6. The van der Waals surface area contributed by atoms with E-state index in [9.17, 15) is 14.4 Å². The molecule has 0 aromatic rings. The third-order valence-corrected chi connectivity index (χ3v) is 14.4. The highest BCUT2D eigenvalue weighted by Crippen LogP contribution is 2.16. The molecule has 0 heterocycles. The van der Waals surface area contributed by atoms with Crippen molar-refractivity contribution in [2.45, 2.75) is 341 Å². The molecule has 0 aliphatic carbocycles. The zero-order valence-electron chi connectivity index (χ0n) is 50.5. The molecule has 1 atom stereocenters. The van der Waals surface area contributed by atoms with E-state index in [0.717, 1.165) is 89.9 Å². The van der Waals surface area contributed by atoms with E-state index < -0.39 is 6.10 Å². The monoisotopic (exact) mass is 1060 g/mol. The largest absolute Gasteiger partial charge is 0.462 e. The molecule has 0 fully saturated rings. The van der Waals surface area contributed by atoms with Crippen LogP contribution in [0, 0.1) is 0 Å². The molecule has 0 aliphatic rings. The molecule has 0 aromatic carbocycles. The molecule has 0 amide bonds. The molecule has 0 aliphatic heterocycles. The smallest absolute Gasteiger partial charge is 0.306 e. The normalized spacial score (nSPS) is 12.5. The number of allylic oxidation sites excluding steroid dienone is 12. The standard InChI is InChI=1S/C70H124O6/c1-4-7-10-13-16-19-22-25-28-30-32-33-34-35-36-37-39-40-42-45-48-51-54-57-60-63-69(72)75-66-67(65-74-68(71)62-59-56-53-50-47-44-27-24-21-18-15-12-9-6-3)76-70(73)64-61-58-55-52-49-46-43-41-38-31-29-26-23-20-17-14-11-8-5-2/h15,18,22,24-27,29-30,32,34-35,67H,4-14,16-17,19-21,23,28,31,33,36-66H2,1-3H3/b18-15-,25-22-,27-24-,29-26-,32-30-,35-34-. The third-order valence-electron chi connectivity index (χ3n) is 14.4. The Morgan fingerprint density at radius 3 is 0.789 bits per heavy atom. The van der Waals surface area contributed by atoms with Crippen LogP contribution in [0.2, 0.25) is 0 Å². The molecule has 6 nitrogen and oxygen atoms in total. The highest BCUT2D eigenvalue weighted by Gasteiger charge is 2.19. The molecule has 440 valence electrons. The van der Waals surface area contributed by atoms with Crippen LogP contribution in [0.25, 0.3) is 0 Å². The fourth-order valence-corrected chi connectivity index (χ4v) is 9.40. The van der Waals surface area contributed by atoms with Crippen LogP contribution >= 0.6 is 0 Å². The summed E-state index contributed by atoms with van der Waals surface area (Å²) >= 11 is 0. The Hall–Kier alpha value is -3.15. The number of carbonyl (C=O) groups is 3. The van der Waals surface area contributed by atoms with Crippen molar-refractivity contribution >= 4 is 17.9 Å². The van der Waals surface area contributed by atoms with Crippen LogP contribution < -0.4 is 0 Å². The molecule has 0 saturated heterocycles. The van der Waals surface area contributed by atoms with E-state index in [2.05, 4.69) is 93.7 Å². The Morgan fingerprint density at radius 1 is 0.263 bits per heavy atom. The lowest BCUT2D eigenvalue weighted by atomic mass is 10.0. The van der Waals surface area contributed by atoms with Gasteiger partial charge in [0.15, 0.2) is 6.10 Å². The number of esters is 3. The lowest BCUT2D eigenvalue weighted by Gasteiger charge is -2.18. The summed E-state index contributed by atoms with van der Waals surface area (Å²) in [6.45, 7) is 6.61. The zero-order chi connectivity index (χ0) is 55.0. The van der Waals surface area contributed by atoms with Crippen molar-refractivity contribution in [1.29, 1.82) is 0 Å². The lowest BCUT2D eigenvalue weighted by Crippen LogP contribution is -2.30. The van der Waals surface area contributed by atoms with E-state index in [4.69, 9.17) is 14.2 Å². The van der Waals surface area contributed by atoms with E-state index in [1.165, 1.54) is 205 Å². The maximum absolute atomic E-state index is 12.9. The quantitative estimate of drug-likeness (QED) is 0.0261. The summed E-state index contributed by atoms with van der Waals surface area (Å²) in [6.07, 6.45) is 83.3. The molecule has 0 radical (unpaired) electrons. The SMILES string of the molecule is CCCC/C=C\C/C=C\CCCCCCCC(=O)OCC(COC(=O)CCCCCCCCCCCC/C=C\C/C=C\C/C=C\CCCCCCC)OC(=O)CCCCCCCCCCC/C=C\CCCCCCCC. The molecule has 0 aromatic heterocycles. The number of hydrogen-bond acceptors (Lipinski definition) is 6. The summed E-state index contributed by atoms with van der Waals surface area (Å²) in [5.41, 5.74) is 0. The van der Waals surface area contributed by atoms with Gasteiger partial charge in [-0.3, -0.25) is 14.4 Å². The fourth-order valence-electron chi connectivity index (χ4n) is 9.40. The lowest BCUT2D eigenvalue weighted by molar-refractivity contribution is -0.167. The number of carbonyl (C=O) groups excluding carboxylic acids is 3. The van der Waals surface area contributed by atoms with Gasteiger partial charge >= 0.3 is 17.9 Å². The van der Waals surface area contributed by atoms with Gasteiger partial charge < -0.3 is 14.2 Å². The molecule has 0 rings (SSSR count). The Morgan fingerprint density at radius 2 is 0.487 bits per heavy atom. The van der Waals surface area contributed by atoms with Crippen molar-refractivity contribution in [2.24, 2.45) is 0 Å². The highest BCUT2D eigenvalue weighted by atomic mass is 16.6. The van der Waals surface area contributed by atoms with Gasteiger partial charge in [0, 0.05) is 19.3 Å². The summed E-state index contributed by atoms with van der Waals surface area (Å²) < 4.78 is 16.9. The number of rotatable bonds is 60. The van der Waals surface area contributed by atoms with Crippen molar-refractivity contribution in [3.05, 3.63) is 72.9 Å². The average molecular weight is 1060 g/mol. The highest BCUT2D eigenvalue weighted by molar-refractivity contribution is 5.71. The van der Waals surface area contributed by atoms with Crippen LogP contribution in [0.5, 0.6) is 0 Å². The molecule has 0 bridgehead atoms. The van der Waals surface area contributed by atoms with Crippen molar-refractivity contribution in [3.8, 4) is 0 Å². The Labute approximate surface area is 472 Å². The van der Waals surface area contributed by atoms with Gasteiger partial charge in [-0.15, -0.1) is 0 Å². The molecule has 0 spiro atoms. The maximum atomic E-state index is 12.9. The van der Waals surface area contributed by atoms with Gasteiger partial charge in [0.05, 0.1) is 0 Å². The van der Waals surface area contributed by atoms with Crippen LogP contribution in [-0.4, -0.2) is 37.2 Å². The summed E-state index contributed by atoms with van der Waals surface area (Å²) in [7, 11) is 0. The van der Waals surface area contributed by atoms with Gasteiger partial charge in [-0.1, -0.05) is 280 Å². The second-order valence-corrected chi connectivity index (χ2v) is 22.0. The Bertz CT molecular complexity index is 1400. The summed E-state index contributed by atoms with van der Waals surface area (Å²) in [6, 6.07) is 0. The van der Waals surface area contributed by atoms with E-state index in [-0.39, 0.29) is 31.1 Å². The second-order valence-electron chi connectivity index (χ2n) is 22.0. The second kappa shape index (κ2) is 64.4. The Kier molecular flexibility index (Phi) is 61.7. The predicted octanol–water partition coefficient (Wildman–Crippen LogP) is 22.5. The predicted molar refractivity (Wildman–Crippen MR) is 330 cm³/mol. The number of unbranched alkanes of at least 4 members (excludes halogenated alkanes) is 37. The van der Waals surface area contributed by atoms with E-state index >= 15 is 0 Å². The van der Waals surface area contributed by atoms with Crippen LogP contribution in [0.4, 0.5) is 0 Å². The summed E-state index contributed by atoms with van der Waals surface area (Å²) in [5, 5.41) is 0. The first kappa shape index (κ1) is 72.8. The molecule has 6 heteroatoms. The molecule has 76 heavy (non-hydrogen) atoms. The van der Waals surface area contributed by atoms with E-state index in [1.807, 2.05) is 0 Å². The van der Waals surface area contributed by atoms with Gasteiger partial charge in [0.25, 0.3) is 0 Å². The van der Waals surface area contributed by atoms with Gasteiger partial charge in [0.2, 0.25) is 0 Å². The number of ether oxygens (including phenoxy) is 3. The minimum absolute atomic E-state index is 0.0813. The first-order valence-corrected chi connectivity index (χ1v) is 32.9. The topological polar surface area (TPSA) is 78.9 Å². The molecule has 1 unspecified atom stereocenters. The first-order valence-electron chi connectivity index (χ1n) is 32.9. The van der Waals surface area contributed by atoms with Crippen molar-refractivity contribution in [3.63, 3.8) is 0 Å². The van der Waals surface area contributed by atoms with E-state index in [0.29, 0.717) is 19.3 Å². The maximum Gasteiger partial charge on any atom is 0.306 e. The van der Waals surface area contributed by atoms with Crippen LogP contribution in [0.3, 0.4) is 0 Å². The van der Waals surface area contributed by atoms with Gasteiger partial charge in [-0.2, -0.15) is 0 Å². The van der Waals surface area contributed by atoms with Gasteiger partial charge in [-0.25, -0.2) is 0 Å². The van der Waals surface area contributed by atoms with E-state index in [1.54, 1.807) is 0 Å². The molecular weight excluding hydrogens is 937 g/mol. The van der Waals surface area contributed by atoms with Gasteiger partial charge in [0.1, 0.15) is 13.2 Å². The van der Waals surface area contributed by atoms with Gasteiger partial charge in [-0.05, 0) is 109 Å². The third kappa shape index (κ3) is 61.7. The minimum atomic E-state index is -0.785. The number of hydrogen-bond donors (Lipinski definition) is 0. The minimum Gasteiger partial charge on any atom is -0.462 e. The first-order chi connectivity index (χ1) is 37.5. The zero-order valence-corrected chi connectivity index (χ0v) is 50.5. The van der Waals surface area contributed by atoms with Crippen molar-refractivity contribution in [1.82, 2.24) is 0 Å². The molecule has 0 saturated carbocycles. The van der Waals surface area contributed by atoms with Crippen molar-refractivity contribution in [2.75, 3.05) is 13.2 Å².